The monoisotopic (exact) mass is 321 g/mol. The summed E-state index contributed by atoms with van der Waals surface area (Å²) in [6.07, 6.45) is 8.03. The first-order valence-electron chi connectivity index (χ1n) is 6.76. The fraction of sp³-hybridized carbons (Fsp3) is 0.500. The molecule has 3 heteroatoms. The van der Waals surface area contributed by atoms with E-state index < -0.39 is 0 Å². The van der Waals surface area contributed by atoms with Gasteiger partial charge in [-0.2, -0.15) is 0 Å². The van der Waals surface area contributed by atoms with Crippen LogP contribution in [0.2, 0.25) is 0 Å². The van der Waals surface area contributed by atoms with Crippen molar-refractivity contribution in [3.63, 3.8) is 0 Å². The molecule has 0 saturated heterocycles. The molecule has 0 spiro atoms. The predicted molar refractivity (Wildman–Crippen MR) is 82.1 cm³/mol. The molecule has 2 rings (SSSR count). The third-order valence-electron chi connectivity index (χ3n) is 3.54. The van der Waals surface area contributed by atoms with E-state index in [0.29, 0.717) is 6.61 Å². The Morgan fingerprint density at radius 3 is 3.00 bits per heavy atom. The van der Waals surface area contributed by atoms with Gasteiger partial charge in [-0.3, -0.25) is 0 Å². The van der Waals surface area contributed by atoms with Gasteiger partial charge in [-0.15, -0.1) is 6.42 Å². The fourth-order valence-corrected chi connectivity index (χ4v) is 2.62. The summed E-state index contributed by atoms with van der Waals surface area (Å²) in [5.41, 5.74) is 1.15. The van der Waals surface area contributed by atoms with Crippen molar-refractivity contribution in [2.45, 2.75) is 26.3 Å². The summed E-state index contributed by atoms with van der Waals surface area (Å²) in [7, 11) is 0. The SMILES string of the molecule is C#CCOc1ccc(Br)cc1CNCC(C)C1CC1. The highest BCUT2D eigenvalue weighted by molar-refractivity contribution is 9.10. The summed E-state index contributed by atoms with van der Waals surface area (Å²) in [4.78, 5) is 0. The van der Waals surface area contributed by atoms with Crippen molar-refractivity contribution in [1.82, 2.24) is 5.32 Å². The van der Waals surface area contributed by atoms with E-state index >= 15 is 0 Å². The van der Waals surface area contributed by atoms with Crippen LogP contribution >= 0.6 is 15.9 Å². The molecule has 2 nitrogen and oxygen atoms in total. The number of hydrogen-bond donors (Lipinski definition) is 1. The van der Waals surface area contributed by atoms with Crippen molar-refractivity contribution in [2.24, 2.45) is 11.8 Å². The fourth-order valence-electron chi connectivity index (χ4n) is 2.21. The summed E-state index contributed by atoms with van der Waals surface area (Å²) in [5, 5.41) is 3.51. The number of ether oxygens (including phenoxy) is 1. The van der Waals surface area contributed by atoms with Crippen molar-refractivity contribution >= 4 is 15.9 Å². The van der Waals surface area contributed by atoms with Gasteiger partial charge in [0.1, 0.15) is 12.4 Å². The van der Waals surface area contributed by atoms with Crippen LogP contribution in [-0.4, -0.2) is 13.2 Å². The third-order valence-corrected chi connectivity index (χ3v) is 4.04. The van der Waals surface area contributed by atoms with Crippen molar-refractivity contribution in [1.29, 1.82) is 0 Å². The Morgan fingerprint density at radius 2 is 2.32 bits per heavy atom. The van der Waals surface area contributed by atoms with E-state index in [9.17, 15) is 0 Å². The molecule has 0 heterocycles. The zero-order chi connectivity index (χ0) is 13.7. The van der Waals surface area contributed by atoms with Crippen LogP contribution in [0.25, 0.3) is 0 Å². The molecule has 1 atom stereocenters. The minimum absolute atomic E-state index is 0.313. The summed E-state index contributed by atoms with van der Waals surface area (Å²) in [5.74, 6) is 5.07. The highest BCUT2D eigenvalue weighted by atomic mass is 79.9. The first-order chi connectivity index (χ1) is 9.20. The van der Waals surface area contributed by atoms with Gasteiger partial charge in [0.25, 0.3) is 0 Å². The molecule has 1 aromatic carbocycles. The van der Waals surface area contributed by atoms with Crippen molar-refractivity contribution in [2.75, 3.05) is 13.2 Å². The quantitative estimate of drug-likeness (QED) is 0.775. The molecule has 19 heavy (non-hydrogen) atoms. The highest BCUT2D eigenvalue weighted by Crippen LogP contribution is 2.36. The van der Waals surface area contributed by atoms with Gasteiger partial charge < -0.3 is 10.1 Å². The number of rotatable bonds is 7. The van der Waals surface area contributed by atoms with E-state index in [1.807, 2.05) is 12.1 Å². The zero-order valence-corrected chi connectivity index (χ0v) is 12.9. The summed E-state index contributed by atoms with van der Waals surface area (Å²) in [6.45, 7) is 4.51. The lowest BCUT2D eigenvalue weighted by atomic mass is 10.1. The predicted octanol–water partition coefficient (Wildman–Crippen LogP) is 3.60. The molecule has 1 aromatic rings. The van der Waals surface area contributed by atoms with E-state index in [2.05, 4.69) is 40.2 Å². The molecule has 102 valence electrons. The lowest BCUT2D eigenvalue weighted by Crippen LogP contribution is -2.22. The second-order valence-corrected chi connectivity index (χ2v) is 6.11. The minimum Gasteiger partial charge on any atom is -0.481 e. The van der Waals surface area contributed by atoms with Crippen LogP contribution in [0, 0.1) is 24.2 Å². The van der Waals surface area contributed by atoms with E-state index in [1.54, 1.807) is 0 Å². The summed E-state index contributed by atoms with van der Waals surface area (Å²) >= 11 is 3.49. The Labute approximate surface area is 124 Å². The lowest BCUT2D eigenvalue weighted by molar-refractivity contribution is 0.363. The van der Waals surface area contributed by atoms with Gasteiger partial charge >= 0.3 is 0 Å². The number of benzene rings is 1. The van der Waals surface area contributed by atoms with Crippen molar-refractivity contribution < 1.29 is 4.74 Å². The van der Waals surface area contributed by atoms with Crippen molar-refractivity contribution in [3.05, 3.63) is 28.2 Å². The smallest absolute Gasteiger partial charge is 0.148 e. The summed E-state index contributed by atoms with van der Waals surface area (Å²) in [6, 6.07) is 6.02. The van der Waals surface area contributed by atoms with Gasteiger partial charge in [0.05, 0.1) is 0 Å². The average Bonchev–Trinajstić information content (AvgIpc) is 3.22. The van der Waals surface area contributed by atoms with Crippen LogP contribution in [0.5, 0.6) is 5.75 Å². The molecule has 0 bridgehead atoms. The molecule has 1 saturated carbocycles. The molecule has 0 amide bonds. The molecule has 1 N–H and O–H groups in total. The Hall–Kier alpha value is -0.980. The first kappa shape index (κ1) is 14.4. The molecule has 0 radical (unpaired) electrons. The highest BCUT2D eigenvalue weighted by Gasteiger charge is 2.27. The van der Waals surface area contributed by atoms with Crippen LogP contribution < -0.4 is 10.1 Å². The van der Waals surface area contributed by atoms with Gasteiger partial charge in [0, 0.05) is 16.6 Å². The first-order valence-corrected chi connectivity index (χ1v) is 7.55. The number of nitrogens with one attached hydrogen (secondary N) is 1. The maximum atomic E-state index is 5.56. The minimum atomic E-state index is 0.313. The van der Waals surface area contributed by atoms with E-state index in [1.165, 1.54) is 12.8 Å². The Kier molecular flexibility index (Phi) is 5.30. The normalized spacial score (nSPS) is 15.8. The second-order valence-electron chi connectivity index (χ2n) is 5.19. The molecular weight excluding hydrogens is 302 g/mol. The second kappa shape index (κ2) is 6.98. The van der Waals surface area contributed by atoms with Crippen molar-refractivity contribution in [3.8, 4) is 18.1 Å². The molecule has 0 aromatic heterocycles. The molecular formula is C16H20BrNO. The lowest BCUT2D eigenvalue weighted by Gasteiger charge is -2.14. The third kappa shape index (κ3) is 4.56. The van der Waals surface area contributed by atoms with Gasteiger partial charge in [-0.05, 0) is 49.4 Å². The topological polar surface area (TPSA) is 21.3 Å². The average molecular weight is 322 g/mol. The zero-order valence-electron chi connectivity index (χ0n) is 11.3. The Bertz CT molecular complexity index is 462. The molecule has 1 aliphatic rings. The van der Waals surface area contributed by atoms with Gasteiger partial charge in [-0.25, -0.2) is 0 Å². The van der Waals surface area contributed by atoms with E-state index in [-0.39, 0.29) is 0 Å². The van der Waals surface area contributed by atoms with Gasteiger partial charge in [-0.1, -0.05) is 28.8 Å². The Morgan fingerprint density at radius 1 is 1.53 bits per heavy atom. The van der Waals surface area contributed by atoms with Gasteiger partial charge in [0.15, 0.2) is 0 Å². The van der Waals surface area contributed by atoms with Gasteiger partial charge in [0.2, 0.25) is 0 Å². The molecule has 1 aliphatic carbocycles. The van der Waals surface area contributed by atoms with Crippen LogP contribution in [0.3, 0.4) is 0 Å². The maximum absolute atomic E-state index is 5.56. The van der Waals surface area contributed by atoms with Crippen LogP contribution in [0.4, 0.5) is 0 Å². The largest absolute Gasteiger partial charge is 0.481 e. The Balaban J connectivity index is 1.89. The van der Waals surface area contributed by atoms with Crippen LogP contribution in [-0.2, 0) is 6.54 Å². The number of halogens is 1. The van der Waals surface area contributed by atoms with Crippen LogP contribution in [0.1, 0.15) is 25.3 Å². The van der Waals surface area contributed by atoms with E-state index in [0.717, 1.165) is 40.7 Å². The standard InChI is InChI=1S/C16H20BrNO/c1-3-8-19-16-7-6-15(17)9-14(16)11-18-10-12(2)13-4-5-13/h1,6-7,9,12-13,18H,4-5,8,10-11H2,2H3. The summed E-state index contributed by atoms with van der Waals surface area (Å²) < 4.78 is 6.62. The molecule has 1 fully saturated rings. The molecule has 1 unspecified atom stereocenters. The van der Waals surface area contributed by atoms with Crippen LogP contribution in [0.15, 0.2) is 22.7 Å². The molecule has 0 aliphatic heterocycles. The maximum Gasteiger partial charge on any atom is 0.148 e. The number of terminal acetylenes is 1. The van der Waals surface area contributed by atoms with E-state index in [4.69, 9.17) is 11.2 Å². The number of hydrogen-bond acceptors (Lipinski definition) is 2.